The van der Waals surface area contributed by atoms with E-state index in [9.17, 15) is 14.0 Å². The van der Waals surface area contributed by atoms with Gasteiger partial charge in [0.15, 0.2) is 6.61 Å². The lowest BCUT2D eigenvalue weighted by atomic mass is 10.1. The maximum atomic E-state index is 13.3. The molecule has 3 aromatic rings. The minimum atomic E-state index is -0.705. The molecule has 0 aliphatic heterocycles. The maximum Gasteiger partial charge on any atom is 0.340 e. The monoisotopic (exact) mass is 369 g/mol. The first-order valence-corrected chi connectivity index (χ1v) is 8.37. The number of hydrogen-bond donors (Lipinski definition) is 1. The van der Waals surface area contributed by atoms with E-state index in [1.165, 1.54) is 29.5 Å². The summed E-state index contributed by atoms with van der Waals surface area (Å²) < 4.78 is 18.3. The van der Waals surface area contributed by atoms with Crippen LogP contribution in [0.25, 0.3) is 10.9 Å². The first-order chi connectivity index (χ1) is 12.5. The molecule has 1 aromatic carbocycles. The highest BCUT2D eigenvalue weighted by Gasteiger charge is 2.16. The van der Waals surface area contributed by atoms with Gasteiger partial charge in [-0.1, -0.05) is 0 Å². The van der Waals surface area contributed by atoms with Crippen molar-refractivity contribution in [3.8, 4) is 6.07 Å². The second kappa shape index (κ2) is 7.29. The van der Waals surface area contributed by atoms with Gasteiger partial charge in [0.1, 0.15) is 16.9 Å². The predicted molar refractivity (Wildman–Crippen MR) is 94.4 cm³/mol. The van der Waals surface area contributed by atoms with Crippen molar-refractivity contribution < 1.29 is 18.7 Å². The zero-order valence-electron chi connectivity index (χ0n) is 13.6. The Labute approximate surface area is 151 Å². The number of esters is 1. The SMILES string of the molecule is Cc1nc2cc(F)ccc2cc1C(=O)OCC(=O)Nc1sccc1C#N. The Kier molecular flexibility index (Phi) is 4.91. The van der Waals surface area contributed by atoms with Gasteiger partial charge in [-0.25, -0.2) is 9.18 Å². The number of nitriles is 1. The molecule has 0 radical (unpaired) electrons. The Balaban J connectivity index is 1.69. The van der Waals surface area contributed by atoms with Crippen LogP contribution in [0.1, 0.15) is 21.6 Å². The van der Waals surface area contributed by atoms with E-state index in [2.05, 4.69) is 10.3 Å². The van der Waals surface area contributed by atoms with Crippen LogP contribution in [-0.4, -0.2) is 23.5 Å². The number of aryl methyl sites for hydroxylation is 1. The fourth-order valence-corrected chi connectivity index (χ4v) is 3.06. The summed E-state index contributed by atoms with van der Waals surface area (Å²) in [4.78, 5) is 28.3. The third-order valence-corrected chi connectivity index (χ3v) is 4.39. The molecule has 0 bridgehead atoms. The summed E-state index contributed by atoms with van der Waals surface area (Å²) in [5, 5.41) is 14.1. The minimum Gasteiger partial charge on any atom is -0.452 e. The lowest BCUT2D eigenvalue weighted by Crippen LogP contribution is -2.21. The van der Waals surface area contributed by atoms with Gasteiger partial charge in [0.05, 0.1) is 22.3 Å². The Hall–Kier alpha value is -3.31. The molecule has 0 aliphatic carbocycles. The Morgan fingerprint density at radius 1 is 1.35 bits per heavy atom. The number of carbonyl (C=O) groups excluding carboxylic acids is 2. The average Bonchev–Trinajstić information content (AvgIpc) is 3.06. The van der Waals surface area contributed by atoms with Crippen LogP contribution in [0.4, 0.5) is 9.39 Å². The van der Waals surface area contributed by atoms with Gasteiger partial charge in [-0.2, -0.15) is 5.26 Å². The molecule has 26 heavy (non-hydrogen) atoms. The van der Waals surface area contributed by atoms with Crippen molar-refractivity contribution in [2.75, 3.05) is 11.9 Å². The first-order valence-electron chi connectivity index (χ1n) is 7.49. The summed E-state index contributed by atoms with van der Waals surface area (Å²) in [6, 6.07) is 9.15. The fraction of sp³-hybridized carbons (Fsp3) is 0.111. The van der Waals surface area contributed by atoms with Crippen LogP contribution in [0.5, 0.6) is 0 Å². The van der Waals surface area contributed by atoms with Gasteiger partial charge < -0.3 is 10.1 Å². The number of thiophene rings is 1. The quantitative estimate of drug-likeness (QED) is 0.712. The van der Waals surface area contributed by atoms with Gasteiger partial charge in [0.2, 0.25) is 0 Å². The number of rotatable bonds is 4. The van der Waals surface area contributed by atoms with E-state index in [-0.39, 0.29) is 5.56 Å². The van der Waals surface area contributed by atoms with Gasteiger partial charge in [-0.3, -0.25) is 9.78 Å². The maximum absolute atomic E-state index is 13.3. The van der Waals surface area contributed by atoms with Crippen molar-refractivity contribution in [3.63, 3.8) is 0 Å². The molecule has 0 saturated heterocycles. The smallest absolute Gasteiger partial charge is 0.340 e. The molecular weight excluding hydrogens is 357 g/mol. The molecular formula is C18H12FN3O3S. The summed E-state index contributed by atoms with van der Waals surface area (Å²) >= 11 is 1.20. The van der Waals surface area contributed by atoms with E-state index < -0.39 is 24.3 Å². The molecule has 0 spiro atoms. The summed E-state index contributed by atoms with van der Waals surface area (Å²) in [7, 11) is 0. The van der Waals surface area contributed by atoms with Crippen LogP contribution in [-0.2, 0) is 9.53 Å². The number of halogens is 1. The van der Waals surface area contributed by atoms with Gasteiger partial charge in [0.25, 0.3) is 5.91 Å². The second-order valence-corrected chi connectivity index (χ2v) is 6.27. The first kappa shape index (κ1) is 17.5. The molecule has 8 heteroatoms. The molecule has 0 aliphatic rings. The predicted octanol–water partition coefficient (Wildman–Crippen LogP) is 3.41. The standard InChI is InChI=1S/C18H12FN3O3S/c1-10-14(6-11-2-3-13(19)7-15(11)21-10)18(24)25-9-16(23)22-17-12(8-20)4-5-26-17/h2-7H,9H2,1H3,(H,22,23). The summed E-state index contributed by atoms with van der Waals surface area (Å²) in [6.45, 7) is 1.11. The van der Waals surface area contributed by atoms with Crippen LogP contribution >= 0.6 is 11.3 Å². The molecule has 1 amide bonds. The van der Waals surface area contributed by atoms with Crippen molar-refractivity contribution in [2.24, 2.45) is 0 Å². The molecule has 0 unspecified atom stereocenters. The Morgan fingerprint density at radius 2 is 2.15 bits per heavy atom. The molecule has 0 fully saturated rings. The lowest BCUT2D eigenvalue weighted by molar-refractivity contribution is -0.119. The second-order valence-electron chi connectivity index (χ2n) is 5.36. The van der Waals surface area contributed by atoms with E-state index in [1.807, 2.05) is 6.07 Å². The van der Waals surface area contributed by atoms with Gasteiger partial charge in [-0.15, -0.1) is 11.3 Å². The number of fused-ring (bicyclic) bond motifs is 1. The summed E-state index contributed by atoms with van der Waals surface area (Å²) in [6.07, 6.45) is 0. The lowest BCUT2D eigenvalue weighted by Gasteiger charge is -2.08. The highest BCUT2D eigenvalue weighted by atomic mass is 32.1. The van der Waals surface area contributed by atoms with E-state index in [0.717, 1.165) is 0 Å². The van der Waals surface area contributed by atoms with Gasteiger partial charge in [0, 0.05) is 11.5 Å². The number of nitrogens with one attached hydrogen (secondary N) is 1. The summed E-state index contributed by atoms with van der Waals surface area (Å²) in [5.74, 6) is -1.67. The van der Waals surface area contributed by atoms with E-state index in [0.29, 0.717) is 27.2 Å². The number of amides is 1. The third kappa shape index (κ3) is 3.68. The zero-order chi connectivity index (χ0) is 18.7. The Morgan fingerprint density at radius 3 is 2.92 bits per heavy atom. The van der Waals surface area contributed by atoms with Crippen LogP contribution in [0.3, 0.4) is 0 Å². The summed E-state index contributed by atoms with van der Waals surface area (Å²) in [5.41, 5.74) is 1.35. The number of carbonyl (C=O) groups is 2. The van der Waals surface area contributed by atoms with Crippen molar-refractivity contribution in [2.45, 2.75) is 6.92 Å². The van der Waals surface area contributed by atoms with Crippen LogP contribution < -0.4 is 5.32 Å². The number of pyridine rings is 1. The number of nitrogens with zero attached hydrogens (tertiary/aromatic N) is 2. The van der Waals surface area contributed by atoms with Crippen LogP contribution in [0.2, 0.25) is 0 Å². The number of hydrogen-bond acceptors (Lipinski definition) is 6. The molecule has 2 aromatic heterocycles. The third-order valence-electron chi connectivity index (χ3n) is 3.56. The molecule has 130 valence electrons. The fourth-order valence-electron chi connectivity index (χ4n) is 2.31. The molecule has 0 atom stereocenters. The van der Waals surface area contributed by atoms with E-state index in [4.69, 9.17) is 10.00 Å². The molecule has 2 heterocycles. The number of ether oxygens (including phenoxy) is 1. The van der Waals surface area contributed by atoms with Crippen molar-refractivity contribution in [3.05, 3.63) is 58.3 Å². The largest absolute Gasteiger partial charge is 0.452 e. The Bertz CT molecular complexity index is 1060. The number of aromatic nitrogens is 1. The van der Waals surface area contributed by atoms with Crippen LogP contribution in [0, 0.1) is 24.1 Å². The molecule has 6 nitrogen and oxygen atoms in total. The topological polar surface area (TPSA) is 92.1 Å². The molecule has 0 saturated carbocycles. The van der Waals surface area contributed by atoms with Gasteiger partial charge >= 0.3 is 5.97 Å². The average molecular weight is 369 g/mol. The number of benzene rings is 1. The van der Waals surface area contributed by atoms with Crippen molar-refractivity contribution in [1.82, 2.24) is 4.98 Å². The normalized spacial score (nSPS) is 10.3. The zero-order valence-corrected chi connectivity index (χ0v) is 14.4. The molecule has 3 rings (SSSR count). The highest BCUT2D eigenvalue weighted by molar-refractivity contribution is 7.14. The highest BCUT2D eigenvalue weighted by Crippen LogP contribution is 2.22. The van der Waals surface area contributed by atoms with E-state index in [1.54, 1.807) is 24.4 Å². The van der Waals surface area contributed by atoms with Crippen LogP contribution in [0.15, 0.2) is 35.7 Å². The minimum absolute atomic E-state index is 0.200. The van der Waals surface area contributed by atoms with Crippen molar-refractivity contribution >= 4 is 39.1 Å². The van der Waals surface area contributed by atoms with Crippen molar-refractivity contribution in [1.29, 1.82) is 5.26 Å². The number of anilines is 1. The van der Waals surface area contributed by atoms with Gasteiger partial charge in [-0.05, 0) is 36.6 Å². The van der Waals surface area contributed by atoms with E-state index >= 15 is 0 Å². The molecule has 1 N–H and O–H groups in total.